The van der Waals surface area contributed by atoms with Crippen LogP contribution in [0.25, 0.3) is 44.2 Å². The van der Waals surface area contributed by atoms with Crippen LogP contribution < -0.4 is 5.32 Å². The van der Waals surface area contributed by atoms with E-state index in [0.29, 0.717) is 6.04 Å². The Labute approximate surface area is 207 Å². The molecule has 1 aliphatic heterocycles. The number of hydrogen-bond acceptors (Lipinski definition) is 3. The molecular weight excluding hydrogens is 486 g/mol. The molecule has 0 aliphatic carbocycles. The fourth-order valence-electron chi connectivity index (χ4n) is 5.09. The van der Waals surface area contributed by atoms with E-state index in [1.54, 1.807) is 6.33 Å². The van der Waals surface area contributed by atoms with E-state index < -0.39 is 0 Å². The van der Waals surface area contributed by atoms with E-state index in [4.69, 9.17) is 0 Å². The number of nitrogens with one attached hydrogen (secondary N) is 2. The molecule has 5 nitrogen and oxygen atoms in total. The molecule has 0 spiro atoms. The van der Waals surface area contributed by atoms with Crippen molar-refractivity contribution in [3.63, 3.8) is 0 Å². The second-order valence-electron chi connectivity index (χ2n) is 10.4. The number of rotatable bonds is 2. The van der Waals surface area contributed by atoms with Crippen molar-refractivity contribution in [2.45, 2.75) is 40.2 Å². The van der Waals surface area contributed by atoms with Crippen molar-refractivity contribution in [1.82, 2.24) is 24.9 Å². The van der Waals surface area contributed by atoms with Gasteiger partial charge in [0.15, 0.2) is 5.65 Å². The standard InChI is InChI=1S/C28H28BrN5/c1-16-9-19(14-34-27(16)31-15-32-34)20-13-25-22(12-23(20)29)21-10-17(5-6-24(21)33-25)18-7-8-30-26(11-18)28(2,3)4/h5-6,9-15,26,30,33H,7-8H2,1-4H3. The van der Waals surface area contributed by atoms with E-state index in [2.05, 4.69) is 106 Å². The summed E-state index contributed by atoms with van der Waals surface area (Å²) in [5.41, 5.74) is 9.48. The van der Waals surface area contributed by atoms with Gasteiger partial charge in [-0.05, 0) is 77.9 Å². The Bertz CT molecular complexity index is 1600. The Balaban J connectivity index is 1.47. The average Bonchev–Trinajstić information content (AvgIpc) is 3.42. The fourth-order valence-corrected chi connectivity index (χ4v) is 5.66. The molecule has 0 fully saturated rings. The SMILES string of the molecule is Cc1cc(-c2cc3[nH]c4ccc(C5=CC(C(C)(C)C)NCC5)cc4c3cc2Br)cn2ncnc12. The van der Waals surface area contributed by atoms with Gasteiger partial charge >= 0.3 is 0 Å². The predicted molar refractivity (Wildman–Crippen MR) is 144 cm³/mol. The second kappa shape index (κ2) is 7.79. The van der Waals surface area contributed by atoms with Crippen LogP contribution in [0.5, 0.6) is 0 Å². The van der Waals surface area contributed by atoms with Gasteiger partial charge in [0.2, 0.25) is 0 Å². The topological polar surface area (TPSA) is 58.0 Å². The quantitative estimate of drug-likeness (QED) is 0.270. The summed E-state index contributed by atoms with van der Waals surface area (Å²) in [4.78, 5) is 7.98. The molecule has 0 radical (unpaired) electrons. The van der Waals surface area contributed by atoms with E-state index in [9.17, 15) is 0 Å². The summed E-state index contributed by atoms with van der Waals surface area (Å²) in [6.07, 6.45) is 7.12. The summed E-state index contributed by atoms with van der Waals surface area (Å²) >= 11 is 3.85. The minimum atomic E-state index is 0.200. The van der Waals surface area contributed by atoms with Gasteiger partial charge in [0.25, 0.3) is 0 Å². The van der Waals surface area contributed by atoms with Gasteiger partial charge in [0, 0.05) is 44.1 Å². The molecule has 0 saturated carbocycles. The lowest BCUT2D eigenvalue weighted by molar-refractivity contribution is 0.310. The summed E-state index contributed by atoms with van der Waals surface area (Å²) in [6, 6.07) is 13.9. The lowest BCUT2D eigenvalue weighted by Gasteiger charge is -2.33. The minimum absolute atomic E-state index is 0.200. The molecule has 4 heterocycles. The van der Waals surface area contributed by atoms with E-state index >= 15 is 0 Å². The van der Waals surface area contributed by atoms with Gasteiger partial charge in [-0.2, -0.15) is 5.10 Å². The van der Waals surface area contributed by atoms with Gasteiger partial charge in [-0.1, -0.05) is 48.8 Å². The van der Waals surface area contributed by atoms with Crippen LogP contribution in [0.4, 0.5) is 0 Å². The van der Waals surface area contributed by atoms with Crippen molar-refractivity contribution in [3.8, 4) is 11.1 Å². The zero-order valence-corrected chi connectivity index (χ0v) is 21.5. The highest BCUT2D eigenvalue weighted by molar-refractivity contribution is 9.10. The Morgan fingerprint density at radius 3 is 2.68 bits per heavy atom. The highest BCUT2D eigenvalue weighted by atomic mass is 79.9. The monoisotopic (exact) mass is 513 g/mol. The van der Waals surface area contributed by atoms with E-state index in [1.807, 2.05) is 10.7 Å². The Hall–Kier alpha value is -2.96. The van der Waals surface area contributed by atoms with Crippen LogP contribution in [0.1, 0.15) is 38.3 Å². The van der Waals surface area contributed by atoms with Gasteiger partial charge < -0.3 is 10.3 Å². The zero-order chi connectivity index (χ0) is 23.6. The summed E-state index contributed by atoms with van der Waals surface area (Å²) in [7, 11) is 0. The number of pyridine rings is 1. The normalized spacial score (nSPS) is 17.1. The number of H-pyrrole nitrogens is 1. The molecule has 1 atom stereocenters. The van der Waals surface area contributed by atoms with Crippen LogP contribution in [0.3, 0.4) is 0 Å². The third-order valence-corrected chi connectivity index (χ3v) is 7.64. The van der Waals surface area contributed by atoms with Crippen molar-refractivity contribution in [2.75, 3.05) is 6.54 Å². The molecule has 5 aromatic rings. The third-order valence-electron chi connectivity index (χ3n) is 6.99. The largest absolute Gasteiger partial charge is 0.354 e. The van der Waals surface area contributed by atoms with Crippen LogP contribution in [0, 0.1) is 12.3 Å². The third kappa shape index (κ3) is 3.56. The first-order valence-electron chi connectivity index (χ1n) is 11.8. The summed E-state index contributed by atoms with van der Waals surface area (Å²) in [5, 5.41) is 10.5. The van der Waals surface area contributed by atoms with Crippen molar-refractivity contribution in [1.29, 1.82) is 0 Å². The first-order valence-corrected chi connectivity index (χ1v) is 12.6. The van der Waals surface area contributed by atoms with E-state index in [-0.39, 0.29) is 5.41 Å². The van der Waals surface area contributed by atoms with Crippen molar-refractivity contribution in [2.24, 2.45) is 5.41 Å². The molecule has 3 aromatic heterocycles. The van der Waals surface area contributed by atoms with Crippen molar-refractivity contribution in [3.05, 3.63) is 70.6 Å². The minimum Gasteiger partial charge on any atom is -0.354 e. The number of hydrogen-bond donors (Lipinski definition) is 2. The lowest BCUT2D eigenvalue weighted by Crippen LogP contribution is -2.41. The smallest absolute Gasteiger partial charge is 0.158 e. The molecule has 34 heavy (non-hydrogen) atoms. The van der Waals surface area contributed by atoms with Crippen molar-refractivity contribution < 1.29 is 0 Å². The zero-order valence-electron chi connectivity index (χ0n) is 19.9. The molecule has 0 amide bonds. The number of benzene rings is 2. The maximum atomic E-state index is 4.34. The predicted octanol–water partition coefficient (Wildman–Crippen LogP) is 6.89. The summed E-state index contributed by atoms with van der Waals surface area (Å²) < 4.78 is 2.91. The Morgan fingerprint density at radius 1 is 1.03 bits per heavy atom. The van der Waals surface area contributed by atoms with Crippen LogP contribution in [0.15, 0.2) is 59.5 Å². The van der Waals surface area contributed by atoms with Gasteiger partial charge in [-0.15, -0.1) is 0 Å². The summed E-state index contributed by atoms with van der Waals surface area (Å²) in [6.45, 7) is 9.98. The Kier molecular flexibility index (Phi) is 4.94. The van der Waals surface area contributed by atoms with Crippen LogP contribution in [-0.4, -0.2) is 32.2 Å². The number of nitrogens with zero attached hydrogens (tertiary/aromatic N) is 3. The molecule has 0 saturated heterocycles. The molecular formula is C28H28BrN5. The van der Waals surface area contributed by atoms with Crippen LogP contribution >= 0.6 is 15.9 Å². The molecule has 6 heteroatoms. The van der Waals surface area contributed by atoms with Gasteiger partial charge in [0.1, 0.15) is 6.33 Å². The molecule has 1 aliphatic rings. The fraction of sp³-hybridized carbons (Fsp3) is 0.286. The number of aromatic amines is 1. The maximum absolute atomic E-state index is 4.34. The first-order chi connectivity index (χ1) is 16.3. The molecule has 2 aromatic carbocycles. The van der Waals surface area contributed by atoms with Gasteiger partial charge in [-0.25, -0.2) is 9.50 Å². The molecule has 1 unspecified atom stereocenters. The van der Waals surface area contributed by atoms with Gasteiger partial charge in [-0.3, -0.25) is 0 Å². The second-order valence-corrected chi connectivity index (χ2v) is 11.3. The van der Waals surface area contributed by atoms with Crippen LogP contribution in [-0.2, 0) is 0 Å². The molecule has 6 rings (SSSR count). The van der Waals surface area contributed by atoms with Crippen LogP contribution in [0.2, 0.25) is 0 Å². The molecule has 172 valence electrons. The number of fused-ring (bicyclic) bond motifs is 4. The number of aromatic nitrogens is 4. The number of halogens is 1. The average molecular weight is 514 g/mol. The first kappa shape index (κ1) is 21.6. The Morgan fingerprint density at radius 2 is 1.85 bits per heavy atom. The lowest BCUT2D eigenvalue weighted by atomic mass is 9.82. The van der Waals surface area contributed by atoms with E-state index in [1.165, 1.54) is 21.9 Å². The molecule has 2 N–H and O–H groups in total. The highest BCUT2D eigenvalue weighted by Gasteiger charge is 2.25. The highest BCUT2D eigenvalue weighted by Crippen LogP contribution is 2.37. The van der Waals surface area contributed by atoms with E-state index in [0.717, 1.165) is 50.8 Å². The summed E-state index contributed by atoms with van der Waals surface area (Å²) in [5.74, 6) is 0. The molecule has 0 bridgehead atoms. The van der Waals surface area contributed by atoms with Crippen molar-refractivity contribution >= 4 is 49.0 Å². The number of aryl methyl sites for hydroxylation is 1. The van der Waals surface area contributed by atoms with Gasteiger partial charge in [0.05, 0.1) is 0 Å². The maximum Gasteiger partial charge on any atom is 0.158 e.